The summed E-state index contributed by atoms with van der Waals surface area (Å²) in [5.74, 6) is -2.25. The second-order valence-corrected chi connectivity index (χ2v) is 11.6. The van der Waals surface area contributed by atoms with Crippen LogP contribution < -0.4 is 10.6 Å². The Balaban J connectivity index is 1.70. The standard InChI is InChI=1S/C34H52N2O11/c1-24(37)36-31-29(22-44-30(23-43-25(2)38)32(46-26(3)39)33(31)47-27(4)40)42-20-16-11-9-7-5-6-8-10-15-19-35-34(41)45-21-28-17-13-12-14-18-28/h12-14,17-18,29-33H,5-11,15-16,19-23H2,1-4H3,(H,35,41)(H,36,37)/t29-,30+,31+,32-,33+/m0/s1. The van der Waals surface area contributed by atoms with E-state index in [9.17, 15) is 24.0 Å². The Morgan fingerprint density at radius 3 is 1.94 bits per heavy atom. The number of alkyl carbamates (subject to hydrolysis) is 1. The first kappa shape index (κ1) is 39.5. The summed E-state index contributed by atoms with van der Waals surface area (Å²) in [6.45, 7) is 5.95. The van der Waals surface area contributed by atoms with E-state index in [1.807, 2.05) is 30.3 Å². The van der Waals surface area contributed by atoms with E-state index in [0.29, 0.717) is 13.2 Å². The predicted octanol–water partition coefficient (Wildman–Crippen LogP) is 4.14. The second kappa shape index (κ2) is 22.8. The zero-order valence-corrected chi connectivity index (χ0v) is 28.2. The van der Waals surface area contributed by atoms with Crippen LogP contribution in [0, 0.1) is 0 Å². The molecule has 47 heavy (non-hydrogen) atoms. The zero-order chi connectivity index (χ0) is 34.4. The normalized spacial score (nSPS) is 20.7. The molecule has 1 saturated heterocycles. The number of carbonyl (C=O) groups excluding carboxylic acids is 5. The van der Waals surface area contributed by atoms with Crippen molar-refractivity contribution in [2.24, 2.45) is 0 Å². The van der Waals surface area contributed by atoms with E-state index in [4.69, 9.17) is 28.4 Å². The Morgan fingerprint density at radius 2 is 1.34 bits per heavy atom. The Kier molecular flexibility index (Phi) is 19.1. The molecule has 1 fully saturated rings. The molecule has 264 valence electrons. The highest BCUT2D eigenvalue weighted by Crippen LogP contribution is 2.25. The van der Waals surface area contributed by atoms with Crippen molar-refractivity contribution >= 4 is 29.9 Å². The Bertz CT molecular complexity index is 1100. The molecule has 1 aliphatic heterocycles. The van der Waals surface area contributed by atoms with Crippen LogP contribution in [-0.2, 0) is 54.2 Å². The number of amides is 2. The molecule has 13 nitrogen and oxygen atoms in total. The van der Waals surface area contributed by atoms with Crippen molar-refractivity contribution in [3.63, 3.8) is 0 Å². The number of nitrogens with one attached hydrogen (secondary N) is 2. The van der Waals surface area contributed by atoms with Gasteiger partial charge < -0.3 is 39.1 Å². The van der Waals surface area contributed by atoms with E-state index in [-0.39, 0.29) is 19.8 Å². The molecule has 0 spiro atoms. The molecule has 0 saturated carbocycles. The molecule has 13 heteroatoms. The van der Waals surface area contributed by atoms with Gasteiger partial charge in [0.1, 0.15) is 25.4 Å². The summed E-state index contributed by atoms with van der Waals surface area (Å²) in [5.41, 5.74) is 0.956. The molecule has 0 radical (unpaired) electrons. The molecule has 2 rings (SSSR count). The first-order valence-electron chi connectivity index (χ1n) is 16.5. The Hall–Kier alpha value is -3.71. The molecule has 1 aromatic carbocycles. The monoisotopic (exact) mass is 664 g/mol. The molecule has 1 aromatic rings. The van der Waals surface area contributed by atoms with Gasteiger partial charge in [-0.1, -0.05) is 75.3 Å². The van der Waals surface area contributed by atoms with Crippen LogP contribution in [0.2, 0.25) is 0 Å². The second-order valence-electron chi connectivity index (χ2n) is 11.6. The largest absolute Gasteiger partial charge is 0.463 e. The smallest absolute Gasteiger partial charge is 0.407 e. The molecular formula is C34H52N2O11. The van der Waals surface area contributed by atoms with E-state index < -0.39 is 60.4 Å². The van der Waals surface area contributed by atoms with Crippen LogP contribution in [-0.4, -0.2) is 86.7 Å². The molecule has 2 amide bonds. The van der Waals surface area contributed by atoms with Gasteiger partial charge in [0.25, 0.3) is 0 Å². The number of ether oxygens (including phenoxy) is 6. The lowest BCUT2D eigenvalue weighted by molar-refractivity contribution is -0.182. The molecule has 0 aromatic heterocycles. The third-order valence-corrected chi connectivity index (χ3v) is 7.48. The van der Waals surface area contributed by atoms with Crippen molar-refractivity contribution in [1.82, 2.24) is 10.6 Å². The number of rotatable bonds is 20. The predicted molar refractivity (Wildman–Crippen MR) is 171 cm³/mol. The molecule has 0 unspecified atom stereocenters. The lowest BCUT2D eigenvalue weighted by Gasteiger charge is -2.35. The molecular weight excluding hydrogens is 612 g/mol. The van der Waals surface area contributed by atoms with Gasteiger partial charge in [-0.2, -0.15) is 0 Å². The van der Waals surface area contributed by atoms with E-state index in [1.54, 1.807) is 0 Å². The van der Waals surface area contributed by atoms with E-state index in [0.717, 1.165) is 63.4 Å². The van der Waals surface area contributed by atoms with Gasteiger partial charge >= 0.3 is 24.0 Å². The SMILES string of the molecule is CC(=O)N[C@H]1[C@@H](OC(C)=O)[C@@H](OC(C)=O)[C@@H](COC(C)=O)OC[C@@H]1OCCCCCCCCCCCNC(=O)OCc1ccccc1. The first-order valence-corrected chi connectivity index (χ1v) is 16.5. The fraction of sp³-hybridized carbons (Fsp3) is 0.676. The van der Waals surface area contributed by atoms with Gasteiger partial charge in [-0.3, -0.25) is 19.2 Å². The van der Waals surface area contributed by atoms with Crippen molar-refractivity contribution < 1.29 is 52.4 Å². The molecule has 1 aliphatic rings. The fourth-order valence-electron chi connectivity index (χ4n) is 5.28. The van der Waals surface area contributed by atoms with E-state index >= 15 is 0 Å². The molecule has 2 N–H and O–H groups in total. The minimum absolute atomic E-state index is 0.0171. The molecule has 1 heterocycles. The van der Waals surface area contributed by atoms with Gasteiger partial charge in [0.05, 0.1) is 12.6 Å². The number of benzene rings is 1. The van der Waals surface area contributed by atoms with Gasteiger partial charge in [0.15, 0.2) is 12.2 Å². The quantitative estimate of drug-likeness (QED) is 0.117. The van der Waals surface area contributed by atoms with Crippen molar-refractivity contribution in [2.75, 3.05) is 26.4 Å². The first-order chi connectivity index (χ1) is 22.6. The summed E-state index contributed by atoms with van der Waals surface area (Å²) in [5, 5.41) is 5.57. The number of unbranched alkanes of at least 4 members (excludes halogenated alkanes) is 8. The molecule has 5 atom stereocenters. The third-order valence-electron chi connectivity index (χ3n) is 7.48. The molecule has 0 aliphatic carbocycles. The average Bonchev–Trinajstić information content (AvgIpc) is 3.13. The summed E-state index contributed by atoms with van der Waals surface area (Å²) in [7, 11) is 0. The van der Waals surface area contributed by atoms with Crippen LogP contribution in [0.5, 0.6) is 0 Å². The average molecular weight is 665 g/mol. The van der Waals surface area contributed by atoms with Crippen molar-refractivity contribution in [3.8, 4) is 0 Å². The van der Waals surface area contributed by atoms with Crippen molar-refractivity contribution in [1.29, 1.82) is 0 Å². The highest BCUT2D eigenvalue weighted by molar-refractivity contribution is 5.73. The van der Waals surface area contributed by atoms with Crippen LogP contribution >= 0.6 is 0 Å². The van der Waals surface area contributed by atoms with Crippen LogP contribution in [0.4, 0.5) is 4.79 Å². The van der Waals surface area contributed by atoms with Crippen LogP contribution in [0.1, 0.15) is 91.0 Å². The third kappa shape index (κ3) is 17.1. The lowest BCUT2D eigenvalue weighted by Crippen LogP contribution is -2.58. The van der Waals surface area contributed by atoms with Gasteiger partial charge in [-0.05, 0) is 18.4 Å². The van der Waals surface area contributed by atoms with Crippen LogP contribution in [0.3, 0.4) is 0 Å². The maximum atomic E-state index is 12.2. The lowest BCUT2D eigenvalue weighted by atomic mass is 9.97. The number of hydrogen-bond acceptors (Lipinski definition) is 11. The van der Waals surface area contributed by atoms with Gasteiger partial charge in [0, 0.05) is 40.8 Å². The number of hydrogen-bond donors (Lipinski definition) is 2. The topological polar surface area (TPSA) is 165 Å². The van der Waals surface area contributed by atoms with Gasteiger partial charge in [-0.25, -0.2) is 4.79 Å². The minimum Gasteiger partial charge on any atom is -0.463 e. The zero-order valence-electron chi connectivity index (χ0n) is 28.2. The summed E-state index contributed by atoms with van der Waals surface area (Å²) in [6.07, 6.45) is 4.82. The van der Waals surface area contributed by atoms with Crippen LogP contribution in [0.15, 0.2) is 30.3 Å². The minimum atomic E-state index is -1.15. The fourth-order valence-corrected chi connectivity index (χ4v) is 5.28. The summed E-state index contributed by atoms with van der Waals surface area (Å²) in [4.78, 5) is 59.5. The highest BCUT2D eigenvalue weighted by Gasteiger charge is 2.48. The van der Waals surface area contributed by atoms with E-state index in [2.05, 4.69) is 10.6 Å². The number of esters is 3. The van der Waals surface area contributed by atoms with E-state index in [1.165, 1.54) is 27.7 Å². The van der Waals surface area contributed by atoms with Gasteiger partial charge in [-0.15, -0.1) is 0 Å². The van der Waals surface area contributed by atoms with Gasteiger partial charge in [0.2, 0.25) is 5.91 Å². The number of carbonyl (C=O) groups is 5. The van der Waals surface area contributed by atoms with Crippen LogP contribution in [0.25, 0.3) is 0 Å². The summed E-state index contributed by atoms with van der Waals surface area (Å²) < 4.78 is 33.5. The Morgan fingerprint density at radius 1 is 0.745 bits per heavy atom. The highest BCUT2D eigenvalue weighted by atomic mass is 16.6. The Labute approximate surface area is 277 Å². The summed E-state index contributed by atoms with van der Waals surface area (Å²) >= 11 is 0. The van der Waals surface area contributed by atoms with Crippen molar-refractivity contribution in [2.45, 2.75) is 123 Å². The van der Waals surface area contributed by atoms with Crippen molar-refractivity contribution in [3.05, 3.63) is 35.9 Å². The maximum Gasteiger partial charge on any atom is 0.407 e. The molecule has 0 bridgehead atoms. The maximum absolute atomic E-state index is 12.2. The summed E-state index contributed by atoms with van der Waals surface area (Å²) in [6, 6.07) is 8.69.